The van der Waals surface area contributed by atoms with Crippen molar-refractivity contribution < 1.29 is 4.74 Å². The second kappa shape index (κ2) is 5.58. The minimum atomic E-state index is 0.430. The topological polar surface area (TPSA) is 40.2 Å². The zero-order valence-electron chi connectivity index (χ0n) is 11.7. The minimum Gasteiger partial charge on any atom is -0.497 e. The van der Waals surface area contributed by atoms with Crippen LogP contribution in [-0.4, -0.2) is 16.7 Å². The van der Waals surface area contributed by atoms with Crippen molar-refractivity contribution in [2.75, 3.05) is 7.11 Å². The lowest BCUT2D eigenvalue weighted by atomic mass is 10.1. The number of hydrogen-bond acceptors (Lipinski definition) is 2. The van der Waals surface area contributed by atoms with Crippen LogP contribution in [0.1, 0.15) is 11.1 Å². The number of rotatable bonds is 4. The molecule has 0 saturated heterocycles. The van der Waals surface area contributed by atoms with Crippen molar-refractivity contribution in [3.05, 3.63) is 65.9 Å². The molecule has 0 atom stereocenters. The van der Waals surface area contributed by atoms with E-state index in [4.69, 9.17) is 22.7 Å². The van der Waals surface area contributed by atoms with Crippen LogP contribution in [0.5, 0.6) is 5.75 Å². The summed E-state index contributed by atoms with van der Waals surface area (Å²) < 4.78 is 7.39. The maximum atomic E-state index is 5.68. The van der Waals surface area contributed by atoms with Gasteiger partial charge in [-0.1, -0.05) is 24.4 Å². The molecule has 1 heterocycles. The van der Waals surface area contributed by atoms with Crippen molar-refractivity contribution in [1.29, 1.82) is 0 Å². The van der Waals surface area contributed by atoms with E-state index in [1.807, 2.05) is 24.3 Å². The van der Waals surface area contributed by atoms with Gasteiger partial charge in [-0.25, -0.2) is 0 Å². The van der Waals surface area contributed by atoms with E-state index in [1.54, 1.807) is 7.11 Å². The molecule has 0 bridgehead atoms. The van der Waals surface area contributed by atoms with Gasteiger partial charge in [-0.05, 0) is 42.0 Å². The smallest absolute Gasteiger partial charge is 0.118 e. The molecule has 2 N–H and O–H groups in total. The van der Waals surface area contributed by atoms with Crippen LogP contribution in [0.2, 0.25) is 0 Å². The first-order chi connectivity index (χ1) is 10.2. The van der Waals surface area contributed by atoms with Gasteiger partial charge in [0.05, 0.1) is 7.11 Å². The molecule has 2 aromatic carbocycles. The Hall–Kier alpha value is -2.33. The highest BCUT2D eigenvalue weighted by atomic mass is 32.1. The Balaban J connectivity index is 1.91. The fourth-order valence-electron chi connectivity index (χ4n) is 2.42. The average molecular weight is 296 g/mol. The number of thiocarbonyl (C=S) groups is 1. The summed E-state index contributed by atoms with van der Waals surface area (Å²) in [5.74, 6) is 0.872. The van der Waals surface area contributed by atoms with Crippen molar-refractivity contribution in [2.24, 2.45) is 5.73 Å². The fraction of sp³-hybridized carbons (Fsp3) is 0.118. The summed E-state index contributed by atoms with van der Waals surface area (Å²) in [6, 6.07) is 16.3. The van der Waals surface area contributed by atoms with Gasteiger partial charge in [-0.15, -0.1) is 0 Å². The molecule has 0 unspecified atom stereocenters. The Morgan fingerprint density at radius 3 is 2.57 bits per heavy atom. The standard InChI is InChI=1S/C17H16N2OS/c1-20-15-5-2-12(3-6-15)11-19-9-8-13-10-14(17(18)21)4-7-16(13)19/h2-10H,11H2,1H3,(H2,18,21). The van der Waals surface area contributed by atoms with Gasteiger partial charge in [0.25, 0.3) is 0 Å². The third kappa shape index (κ3) is 2.76. The molecule has 0 radical (unpaired) electrons. The Morgan fingerprint density at radius 2 is 1.90 bits per heavy atom. The highest BCUT2D eigenvalue weighted by molar-refractivity contribution is 7.80. The lowest BCUT2D eigenvalue weighted by Crippen LogP contribution is -2.08. The largest absolute Gasteiger partial charge is 0.497 e. The van der Waals surface area contributed by atoms with Gasteiger partial charge in [0.1, 0.15) is 10.7 Å². The first-order valence-corrected chi connectivity index (χ1v) is 7.10. The molecule has 3 aromatic rings. The Kier molecular flexibility index (Phi) is 3.62. The van der Waals surface area contributed by atoms with Gasteiger partial charge in [0, 0.05) is 29.2 Å². The molecule has 0 spiro atoms. The van der Waals surface area contributed by atoms with Gasteiger partial charge >= 0.3 is 0 Å². The first-order valence-electron chi connectivity index (χ1n) is 6.69. The molecule has 0 aliphatic carbocycles. The molecule has 0 saturated carbocycles. The predicted octanol–water partition coefficient (Wildman–Crippen LogP) is 3.33. The summed E-state index contributed by atoms with van der Waals surface area (Å²) in [6.07, 6.45) is 2.08. The molecule has 106 valence electrons. The number of benzene rings is 2. The summed E-state index contributed by atoms with van der Waals surface area (Å²) >= 11 is 5.02. The summed E-state index contributed by atoms with van der Waals surface area (Å²) in [6.45, 7) is 0.819. The summed E-state index contributed by atoms with van der Waals surface area (Å²) in [5, 5.41) is 1.15. The average Bonchev–Trinajstić information content (AvgIpc) is 2.90. The number of nitrogens with zero attached hydrogens (tertiary/aromatic N) is 1. The maximum Gasteiger partial charge on any atom is 0.118 e. The lowest BCUT2D eigenvalue weighted by Gasteiger charge is -2.07. The van der Waals surface area contributed by atoms with Crippen LogP contribution >= 0.6 is 12.2 Å². The highest BCUT2D eigenvalue weighted by Crippen LogP contribution is 2.20. The van der Waals surface area contributed by atoms with Crippen LogP contribution in [0.25, 0.3) is 10.9 Å². The van der Waals surface area contributed by atoms with E-state index < -0.39 is 0 Å². The summed E-state index contributed by atoms with van der Waals surface area (Å²) in [7, 11) is 1.67. The Bertz CT molecular complexity index is 790. The molecule has 4 heteroatoms. The number of fused-ring (bicyclic) bond motifs is 1. The SMILES string of the molecule is COc1ccc(Cn2ccc3cc(C(N)=S)ccc32)cc1. The van der Waals surface area contributed by atoms with E-state index in [0.717, 1.165) is 23.2 Å². The van der Waals surface area contributed by atoms with Crippen molar-refractivity contribution in [3.63, 3.8) is 0 Å². The quantitative estimate of drug-likeness (QED) is 0.751. The van der Waals surface area contributed by atoms with E-state index in [2.05, 4.69) is 35.0 Å². The molecule has 0 aliphatic heterocycles. The zero-order valence-corrected chi connectivity index (χ0v) is 12.6. The van der Waals surface area contributed by atoms with E-state index >= 15 is 0 Å². The molecule has 0 fully saturated rings. The van der Waals surface area contributed by atoms with Gasteiger partial charge in [-0.2, -0.15) is 0 Å². The second-order valence-electron chi connectivity index (χ2n) is 4.93. The number of methoxy groups -OCH3 is 1. The van der Waals surface area contributed by atoms with Crippen LogP contribution in [0.3, 0.4) is 0 Å². The minimum absolute atomic E-state index is 0.430. The molecule has 3 nitrogen and oxygen atoms in total. The summed E-state index contributed by atoms with van der Waals surface area (Å²) in [4.78, 5) is 0.430. The van der Waals surface area contributed by atoms with Crippen LogP contribution in [0.15, 0.2) is 54.7 Å². The van der Waals surface area contributed by atoms with Crippen LogP contribution in [-0.2, 0) is 6.54 Å². The number of hydrogen-bond donors (Lipinski definition) is 1. The second-order valence-corrected chi connectivity index (χ2v) is 5.37. The van der Waals surface area contributed by atoms with Crippen molar-refractivity contribution >= 4 is 28.1 Å². The van der Waals surface area contributed by atoms with Crippen molar-refractivity contribution in [3.8, 4) is 5.75 Å². The molecule has 21 heavy (non-hydrogen) atoms. The van der Waals surface area contributed by atoms with E-state index in [1.165, 1.54) is 11.1 Å². The van der Waals surface area contributed by atoms with E-state index in [0.29, 0.717) is 4.99 Å². The van der Waals surface area contributed by atoms with Crippen LogP contribution in [0, 0.1) is 0 Å². The molecule has 0 amide bonds. The zero-order chi connectivity index (χ0) is 14.8. The van der Waals surface area contributed by atoms with Crippen molar-refractivity contribution in [2.45, 2.75) is 6.54 Å². The van der Waals surface area contributed by atoms with E-state index in [9.17, 15) is 0 Å². The molecule has 3 rings (SSSR count). The van der Waals surface area contributed by atoms with Gasteiger partial charge < -0.3 is 15.0 Å². The molecular weight excluding hydrogens is 280 g/mol. The first kappa shape index (κ1) is 13.6. The number of nitrogens with two attached hydrogens (primary N) is 1. The maximum absolute atomic E-state index is 5.68. The van der Waals surface area contributed by atoms with Gasteiger partial charge in [-0.3, -0.25) is 0 Å². The van der Waals surface area contributed by atoms with Crippen LogP contribution < -0.4 is 10.5 Å². The normalized spacial score (nSPS) is 10.7. The predicted molar refractivity (Wildman–Crippen MR) is 89.9 cm³/mol. The molecule has 1 aromatic heterocycles. The summed E-state index contributed by atoms with van der Waals surface area (Å²) in [5.41, 5.74) is 8.98. The molecular formula is C17H16N2OS. The Morgan fingerprint density at radius 1 is 1.14 bits per heavy atom. The van der Waals surface area contributed by atoms with Gasteiger partial charge in [0.2, 0.25) is 0 Å². The van der Waals surface area contributed by atoms with Crippen LogP contribution in [0.4, 0.5) is 0 Å². The monoisotopic (exact) mass is 296 g/mol. The third-order valence-corrected chi connectivity index (χ3v) is 3.80. The number of aromatic nitrogens is 1. The van der Waals surface area contributed by atoms with Crippen molar-refractivity contribution in [1.82, 2.24) is 4.57 Å². The van der Waals surface area contributed by atoms with E-state index in [-0.39, 0.29) is 0 Å². The fourth-order valence-corrected chi connectivity index (χ4v) is 2.55. The Labute approximate surface area is 128 Å². The highest BCUT2D eigenvalue weighted by Gasteiger charge is 2.04. The number of ether oxygens (including phenoxy) is 1. The third-order valence-electron chi connectivity index (χ3n) is 3.57. The molecule has 0 aliphatic rings. The lowest BCUT2D eigenvalue weighted by molar-refractivity contribution is 0.414. The van der Waals surface area contributed by atoms with Gasteiger partial charge in [0.15, 0.2) is 0 Å².